The van der Waals surface area contributed by atoms with Gasteiger partial charge in [0.15, 0.2) is 5.82 Å². The highest BCUT2D eigenvalue weighted by atomic mass is 35.5. The van der Waals surface area contributed by atoms with E-state index in [-0.39, 0.29) is 35.1 Å². The number of alkyl halides is 3. The zero-order valence-corrected chi connectivity index (χ0v) is 12.4. The molecule has 0 aromatic carbocycles. The maximum Gasteiger partial charge on any atom is 0.471 e. The Labute approximate surface area is 121 Å². The molecule has 2 atom stereocenters. The van der Waals surface area contributed by atoms with Crippen LogP contribution in [0.25, 0.3) is 0 Å². The average molecular weight is 314 g/mol. The summed E-state index contributed by atoms with van der Waals surface area (Å²) in [6.07, 6.45) is -2.53. The fourth-order valence-corrected chi connectivity index (χ4v) is 2.65. The molecule has 2 N–H and O–H groups in total. The van der Waals surface area contributed by atoms with Crippen LogP contribution in [0.1, 0.15) is 45.3 Å². The summed E-state index contributed by atoms with van der Waals surface area (Å²) in [4.78, 5) is 3.41. The molecule has 2 rings (SSSR count). The summed E-state index contributed by atoms with van der Waals surface area (Å²) < 4.78 is 41.4. The third-order valence-electron chi connectivity index (χ3n) is 4.64. The molecule has 20 heavy (non-hydrogen) atoms. The minimum atomic E-state index is -4.58. The van der Waals surface area contributed by atoms with Crippen molar-refractivity contribution in [1.82, 2.24) is 10.1 Å². The first-order valence-electron chi connectivity index (χ1n) is 6.23. The number of nitrogens with zero attached hydrogens (tertiary/aromatic N) is 2. The van der Waals surface area contributed by atoms with Crippen molar-refractivity contribution in [2.24, 2.45) is 17.1 Å². The molecule has 1 aliphatic rings. The van der Waals surface area contributed by atoms with Crippen LogP contribution >= 0.6 is 12.4 Å². The van der Waals surface area contributed by atoms with Gasteiger partial charge >= 0.3 is 12.1 Å². The van der Waals surface area contributed by atoms with Crippen LogP contribution in [0.15, 0.2) is 4.52 Å². The Morgan fingerprint density at radius 1 is 1.35 bits per heavy atom. The van der Waals surface area contributed by atoms with Crippen LogP contribution in [0.4, 0.5) is 13.2 Å². The SMILES string of the molecule is CC1(C)[C@H](Cc2noc(C(F)(F)F)n2)CC[C@]1(C)N.Cl. The van der Waals surface area contributed by atoms with Gasteiger partial charge in [0.05, 0.1) is 0 Å². The molecular weight excluding hydrogens is 295 g/mol. The minimum Gasteiger partial charge on any atom is -0.329 e. The summed E-state index contributed by atoms with van der Waals surface area (Å²) in [6, 6.07) is 0. The van der Waals surface area contributed by atoms with Gasteiger partial charge in [-0.1, -0.05) is 19.0 Å². The normalized spacial score (nSPS) is 29.2. The molecule has 4 nitrogen and oxygen atoms in total. The molecule has 0 bridgehead atoms. The van der Waals surface area contributed by atoms with E-state index in [2.05, 4.69) is 14.7 Å². The molecule has 0 unspecified atom stereocenters. The van der Waals surface area contributed by atoms with Gasteiger partial charge in [-0.25, -0.2) is 0 Å². The van der Waals surface area contributed by atoms with E-state index in [4.69, 9.17) is 5.73 Å². The lowest BCUT2D eigenvalue weighted by Gasteiger charge is -2.38. The van der Waals surface area contributed by atoms with Crippen molar-refractivity contribution in [3.8, 4) is 0 Å². The highest BCUT2D eigenvalue weighted by Gasteiger charge is 2.49. The molecular formula is C12H19ClF3N3O. The summed E-state index contributed by atoms with van der Waals surface area (Å²) >= 11 is 0. The predicted molar refractivity (Wildman–Crippen MR) is 69.3 cm³/mol. The molecule has 1 fully saturated rings. The van der Waals surface area contributed by atoms with Crippen molar-refractivity contribution in [1.29, 1.82) is 0 Å². The average Bonchev–Trinajstić information content (AvgIpc) is 2.77. The lowest BCUT2D eigenvalue weighted by atomic mass is 9.71. The molecule has 1 heterocycles. The first-order chi connectivity index (χ1) is 8.54. The van der Waals surface area contributed by atoms with Crippen molar-refractivity contribution in [2.45, 2.75) is 51.7 Å². The molecule has 0 aliphatic heterocycles. The predicted octanol–water partition coefficient (Wildman–Crippen LogP) is 3.21. The Balaban J connectivity index is 0.00000200. The van der Waals surface area contributed by atoms with Crippen LogP contribution in [0.3, 0.4) is 0 Å². The van der Waals surface area contributed by atoms with Gasteiger partial charge in [0.2, 0.25) is 0 Å². The van der Waals surface area contributed by atoms with Crippen molar-refractivity contribution < 1.29 is 17.7 Å². The maximum absolute atomic E-state index is 12.4. The lowest BCUT2D eigenvalue weighted by Crippen LogP contribution is -2.48. The summed E-state index contributed by atoms with van der Waals surface area (Å²) in [6.45, 7) is 6.05. The zero-order chi connectivity index (χ0) is 14.5. The Kier molecular flexibility index (Phi) is 4.46. The van der Waals surface area contributed by atoms with Gasteiger partial charge in [0, 0.05) is 12.0 Å². The molecule has 1 aromatic heterocycles. The van der Waals surface area contributed by atoms with E-state index in [9.17, 15) is 13.2 Å². The largest absolute Gasteiger partial charge is 0.471 e. The van der Waals surface area contributed by atoms with Crippen LogP contribution in [-0.2, 0) is 12.6 Å². The molecule has 1 aliphatic carbocycles. The first kappa shape index (κ1) is 17.2. The zero-order valence-electron chi connectivity index (χ0n) is 11.6. The monoisotopic (exact) mass is 313 g/mol. The summed E-state index contributed by atoms with van der Waals surface area (Å²) in [5.74, 6) is -1.03. The summed E-state index contributed by atoms with van der Waals surface area (Å²) in [7, 11) is 0. The standard InChI is InChI=1S/C12H18F3N3O.ClH/c1-10(2)7(4-5-11(10,3)16)6-8-17-9(19-18-8)12(13,14)15;/h7H,4-6,16H2,1-3H3;1H/t7-,11-;/m0./s1. The van der Waals surface area contributed by atoms with E-state index in [1.54, 1.807) is 0 Å². The minimum absolute atomic E-state index is 0. The van der Waals surface area contributed by atoms with Gasteiger partial charge in [0.25, 0.3) is 0 Å². The van der Waals surface area contributed by atoms with Crippen molar-refractivity contribution in [3.63, 3.8) is 0 Å². The Hall–Kier alpha value is -0.820. The number of hydrogen-bond donors (Lipinski definition) is 1. The number of hydrogen-bond acceptors (Lipinski definition) is 4. The van der Waals surface area contributed by atoms with Gasteiger partial charge in [-0.05, 0) is 31.1 Å². The topological polar surface area (TPSA) is 64.9 Å². The maximum atomic E-state index is 12.4. The molecule has 0 radical (unpaired) electrons. The van der Waals surface area contributed by atoms with Crippen LogP contribution < -0.4 is 5.73 Å². The second-order valence-electron chi connectivity index (χ2n) is 6.09. The summed E-state index contributed by atoms with van der Waals surface area (Å²) in [5, 5.41) is 3.41. The number of aromatic nitrogens is 2. The van der Waals surface area contributed by atoms with Crippen LogP contribution in [0, 0.1) is 11.3 Å². The van der Waals surface area contributed by atoms with Gasteiger partial charge < -0.3 is 10.3 Å². The first-order valence-corrected chi connectivity index (χ1v) is 6.23. The molecule has 8 heteroatoms. The highest BCUT2D eigenvalue weighted by Crippen LogP contribution is 2.49. The van der Waals surface area contributed by atoms with Crippen LogP contribution in [0.5, 0.6) is 0 Å². The fourth-order valence-electron chi connectivity index (χ4n) is 2.65. The van der Waals surface area contributed by atoms with Gasteiger partial charge in [-0.3, -0.25) is 0 Å². The molecule has 116 valence electrons. The third-order valence-corrected chi connectivity index (χ3v) is 4.64. The van der Waals surface area contributed by atoms with E-state index < -0.39 is 12.1 Å². The van der Waals surface area contributed by atoms with E-state index in [1.165, 1.54) is 0 Å². The van der Waals surface area contributed by atoms with Crippen molar-refractivity contribution in [3.05, 3.63) is 11.7 Å². The molecule has 0 amide bonds. The summed E-state index contributed by atoms with van der Waals surface area (Å²) in [5.41, 5.74) is 5.73. The van der Waals surface area contributed by atoms with E-state index >= 15 is 0 Å². The van der Waals surface area contributed by atoms with Crippen molar-refractivity contribution in [2.75, 3.05) is 0 Å². The lowest BCUT2D eigenvalue weighted by molar-refractivity contribution is -0.159. The van der Waals surface area contributed by atoms with Crippen LogP contribution in [-0.4, -0.2) is 15.7 Å². The fraction of sp³-hybridized carbons (Fsp3) is 0.833. The molecule has 0 saturated heterocycles. The van der Waals surface area contributed by atoms with E-state index in [0.29, 0.717) is 6.42 Å². The third kappa shape index (κ3) is 2.93. The quantitative estimate of drug-likeness (QED) is 0.910. The number of rotatable bonds is 2. The Morgan fingerprint density at radius 2 is 1.95 bits per heavy atom. The van der Waals surface area contributed by atoms with Gasteiger partial charge in [-0.2, -0.15) is 18.2 Å². The second kappa shape index (κ2) is 5.18. The molecule has 0 spiro atoms. The highest BCUT2D eigenvalue weighted by molar-refractivity contribution is 5.85. The Morgan fingerprint density at radius 3 is 2.35 bits per heavy atom. The molecule has 1 aromatic rings. The van der Waals surface area contributed by atoms with E-state index in [0.717, 1.165) is 12.8 Å². The smallest absolute Gasteiger partial charge is 0.329 e. The van der Waals surface area contributed by atoms with Crippen molar-refractivity contribution >= 4 is 12.4 Å². The van der Waals surface area contributed by atoms with Gasteiger partial charge in [0.1, 0.15) is 0 Å². The number of halogens is 4. The number of nitrogens with two attached hydrogens (primary N) is 1. The Bertz CT molecular complexity index is 471. The molecule has 1 saturated carbocycles. The van der Waals surface area contributed by atoms with Gasteiger partial charge in [-0.15, -0.1) is 12.4 Å². The van der Waals surface area contributed by atoms with Crippen LogP contribution in [0.2, 0.25) is 0 Å². The second-order valence-corrected chi connectivity index (χ2v) is 6.09. The van der Waals surface area contributed by atoms with E-state index in [1.807, 2.05) is 20.8 Å².